The number of rotatable bonds is 10. The summed E-state index contributed by atoms with van der Waals surface area (Å²) >= 11 is 0. The van der Waals surface area contributed by atoms with E-state index in [1.54, 1.807) is 37.4 Å². The molecule has 0 radical (unpaired) electrons. The lowest BCUT2D eigenvalue weighted by atomic mass is 9.98. The molecule has 0 bridgehead atoms. The number of nitrogens with one attached hydrogen (secondary N) is 1. The first-order chi connectivity index (χ1) is 17.6. The van der Waals surface area contributed by atoms with Crippen LogP contribution in [0.1, 0.15) is 33.1 Å². The Morgan fingerprint density at radius 1 is 0.861 bits per heavy atom. The van der Waals surface area contributed by atoms with Crippen LogP contribution in [0.4, 0.5) is 0 Å². The van der Waals surface area contributed by atoms with E-state index < -0.39 is 24.5 Å². The largest absolute Gasteiger partial charge is 0.497 e. The fourth-order valence-corrected chi connectivity index (χ4v) is 3.62. The molecule has 0 saturated heterocycles. The average molecular weight is 487 g/mol. The highest BCUT2D eigenvalue weighted by molar-refractivity contribution is 5.91. The highest BCUT2D eigenvalue weighted by Gasteiger charge is 2.19. The van der Waals surface area contributed by atoms with Crippen LogP contribution in [0.5, 0.6) is 11.5 Å². The summed E-state index contributed by atoms with van der Waals surface area (Å²) in [5.74, 6) is 0.408. The number of carbonyl (C=O) groups excluding carboxylic acids is 2. The average Bonchev–Trinajstić information content (AvgIpc) is 3.44. The van der Waals surface area contributed by atoms with Crippen molar-refractivity contribution in [3.05, 3.63) is 108 Å². The van der Waals surface area contributed by atoms with E-state index in [0.717, 1.165) is 16.7 Å². The van der Waals surface area contributed by atoms with E-state index in [9.17, 15) is 9.59 Å². The number of esters is 1. The van der Waals surface area contributed by atoms with Crippen molar-refractivity contribution in [2.24, 2.45) is 0 Å². The van der Waals surface area contributed by atoms with Crippen molar-refractivity contribution in [2.75, 3.05) is 20.8 Å². The van der Waals surface area contributed by atoms with Crippen molar-refractivity contribution in [1.29, 1.82) is 0 Å². The Morgan fingerprint density at radius 3 is 1.94 bits per heavy atom. The molecule has 0 aliphatic rings. The standard InChI is InChI=1S/C27H26N4O5/c1-34-23-11-7-20(8-12-23)26(21-9-13-24(35-2)14-10-21)30-25(32)16-36-27(33)22-5-3-19(4-6-22)15-31-18-28-17-29-31/h3-14,17-18,26H,15-16H2,1-2H3,(H,30,32). The van der Waals surface area contributed by atoms with Gasteiger partial charge in [0.15, 0.2) is 6.61 Å². The quantitative estimate of drug-likeness (QED) is 0.343. The molecule has 1 N–H and O–H groups in total. The number of hydrogen-bond acceptors (Lipinski definition) is 7. The zero-order valence-corrected chi connectivity index (χ0v) is 20.0. The van der Waals surface area contributed by atoms with Crippen LogP contribution in [0.2, 0.25) is 0 Å². The zero-order valence-electron chi connectivity index (χ0n) is 20.0. The highest BCUT2D eigenvalue weighted by atomic mass is 16.5. The Kier molecular flexibility index (Phi) is 7.92. The molecule has 36 heavy (non-hydrogen) atoms. The van der Waals surface area contributed by atoms with Gasteiger partial charge in [-0.25, -0.2) is 14.5 Å². The van der Waals surface area contributed by atoms with E-state index in [1.807, 2.05) is 60.7 Å². The molecule has 4 aromatic rings. The topological polar surface area (TPSA) is 105 Å². The van der Waals surface area contributed by atoms with Crippen LogP contribution >= 0.6 is 0 Å². The number of benzene rings is 3. The van der Waals surface area contributed by atoms with Crippen molar-refractivity contribution in [3.63, 3.8) is 0 Å². The Balaban J connectivity index is 1.39. The molecule has 0 saturated carbocycles. The number of hydrogen-bond donors (Lipinski definition) is 1. The van der Waals surface area contributed by atoms with Gasteiger partial charge in [-0.15, -0.1) is 0 Å². The van der Waals surface area contributed by atoms with Crippen molar-refractivity contribution in [1.82, 2.24) is 20.1 Å². The summed E-state index contributed by atoms with van der Waals surface area (Å²) in [6.45, 7) is 0.123. The molecule has 0 spiro atoms. The highest BCUT2D eigenvalue weighted by Crippen LogP contribution is 2.26. The van der Waals surface area contributed by atoms with Crippen LogP contribution in [0.25, 0.3) is 0 Å². The maximum atomic E-state index is 12.8. The van der Waals surface area contributed by atoms with Gasteiger partial charge in [0.1, 0.15) is 24.2 Å². The summed E-state index contributed by atoms with van der Waals surface area (Å²) in [4.78, 5) is 29.2. The monoisotopic (exact) mass is 486 g/mol. The molecule has 9 heteroatoms. The number of nitrogens with zero attached hydrogens (tertiary/aromatic N) is 3. The van der Waals surface area contributed by atoms with Crippen LogP contribution in [-0.4, -0.2) is 47.5 Å². The van der Waals surface area contributed by atoms with E-state index in [0.29, 0.717) is 23.6 Å². The lowest BCUT2D eigenvalue weighted by molar-refractivity contribution is -0.124. The fraction of sp³-hybridized carbons (Fsp3) is 0.185. The van der Waals surface area contributed by atoms with Crippen molar-refractivity contribution in [3.8, 4) is 11.5 Å². The maximum absolute atomic E-state index is 12.8. The molecule has 184 valence electrons. The van der Waals surface area contributed by atoms with E-state index in [2.05, 4.69) is 15.4 Å². The number of aromatic nitrogens is 3. The van der Waals surface area contributed by atoms with Gasteiger partial charge in [-0.3, -0.25) is 4.79 Å². The summed E-state index contributed by atoms with van der Waals surface area (Å²) in [5, 5.41) is 7.01. The van der Waals surface area contributed by atoms with Crippen LogP contribution in [0, 0.1) is 0 Å². The molecule has 9 nitrogen and oxygen atoms in total. The second-order valence-corrected chi connectivity index (χ2v) is 7.91. The van der Waals surface area contributed by atoms with Gasteiger partial charge in [-0.2, -0.15) is 5.10 Å². The molecule has 1 heterocycles. The first kappa shape index (κ1) is 24.5. The minimum absolute atomic E-state index is 0.354. The van der Waals surface area contributed by atoms with Crippen LogP contribution in [0.15, 0.2) is 85.5 Å². The van der Waals surface area contributed by atoms with E-state index in [4.69, 9.17) is 14.2 Å². The molecular formula is C27H26N4O5. The Morgan fingerprint density at radius 2 is 1.44 bits per heavy atom. The second kappa shape index (κ2) is 11.7. The molecular weight excluding hydrogens is 460 g/mol. The summed E-state index contributed by atoms with van der Waals surface area (Å²) in [6.07, 6.45) is 3.08. The van der Waals surface area contributed by atoms with Crippen molar-refractivity contribution in [2.45, 2.75) is 12.6 Å². The zero-order chi connectivity index (χ0) is 25.3. The molecule has 0 atom stereocenters. The van der Waals surface area contributed by atoms with Gasteiger partial charge in [0.2, 0.25) is 0 Å². The minimum atomic E-state index is -0.581. The van der Waals surface area contributed by atoms with Gasteiger partial charge >= 0.3 is 5.97 Å². The van der Waals surface area contributed by atoms with E-state index in [-0.39, 0.29) is 0 Å². The predicted octanol–water partition coefficient (Wildman–Crippen LogP) is 3.41. The second-order valence-electron chi connectivity index (χ2n) is 7.91. The molecule has 0 aliphatic heterocycles. The fourth-order valence-electron chi connectivity index (χ4n) is 3.62. The number of carbonyl (C=O) groups is 2. The number of methoxy groups -OCH3 is 2. The Labute approximate surface area is 208 Å². The van der Waals surface area contributed by atoms with E-state index >= 15 is 0 Å². The summed E-state index contributed by atoms with van der Waals surface area (Å²) in [5.41, 5.74) is 3.01. The maximum Gasteiger partial charge on any atom is 0.338 e. The Hall–Kier alpha value is -4.66. The number of ether oxygens (including phenoxy) is 3. The molecule has 1 amide bonds. The molecule has 4 rings (SSSR count). The van der Waals surface area contributed by atoms with E-state index in [1.165, 1.54) is 6.33 Å². The van der Waals surface area contributed by atoms with Crippen LogP contribution in [-0.2, 0) is 16.1 Å². The van der Waals surface area contributed by atoms with Gasteiger partial charge in [0.25, 0.3) is 5.91 Å². The lowest BCUT2D eigenvalue weighted by Gasteiger charge is -2.20. The predicted molar refractivity (Wildman–Crippen MR) is 132 cm³/mol. The van der Waals surface area contributed by atoms with Crippen LogP contribution < -0.4 is 14.8 Å². The summed E-state index contributed by atoms with van der Waals surface area (Å²) in [6, 6.07) is 21.3. The molecule has 0 unspecified atom stereocenters. The van der Waals surface area contributed by atoms with Gasteiger partial charge < -0.3 is 19.5 Å². The van der Waals surface area contributed by atoms with Crippen LogP contribution in [0.3, 0.4) is 0 Å². The van der Waals surface area contributed by atoms with Gasteiger partial charge in [0, 0.05) is 0 Å². The molecule has 0 aliphatic carbocycles. The minimum Gasteiger partial charge on any atom is -0.497 e. The lowest BCUT2D eigenvalue weighted by Crippen LogP contribution is -2.33. The first-order valence-corrected chi connectivity index (χ1v) is 11.2. The first-order valence-electron chi connectivity index (χ1n) is 11.2. The third-order valence-corrected chi connectivity index (χ3v) is 5.54. The van der Waals surface area contributed by atoms with Crippen molar-refractivity contribution >= 4 is 11.9 Å². The third-order valence-electron chi connectivity index (χ3n) is 5.54. The molecule has 0 fully saturated rings. The van der Waals surface area contributed by atoms with Gasteiger partial charge in [0.05, 0.1) is 32.4 Å². The summed E-state index contributed by atoms with van der Waals surface area (Å²) in [7, 11) is 3.19. The SMILES string of the molecule is COc1ccc(C(NC(=O)COC(=O)c2ccc(Cn3cncn3)cc2)c2ccc(OC)cc2)cc1. The van der Waals surface area contributed by atoms with Gasteiger partial charge in [-0.05, 0) is 53.1 Å². The third kappa shape index (κ3) is 6.26. The Bertz CT molecular complexity index is 1220. The smallest absolute Gasteiger partial charge is 0.338 e. The number of amides is 1. The normalized spacial score (nSPS) is 10.6. The summed E-state index contributed by atoms with van der Waals surface area (Å²) < 4.78 is 17.4. The van der Waals surface area contributed by atoms with Gasteiger partial charge in [-0.1, -0.05) is 36.4 Å². The van der Waals surface area contributed by atoms with Crippen molar-refractivity contribution < 1.29 is 23.8 Å². The molecule has 3 aromatic carbocycles. The molecule has 1 aromatic heterocycles.